The van der Waals surface area contributed by atoms with Gasteiger partial charge in [0.15, 0.2) is 5.75 Å². The molecule has 4 nitrogen and oxygen atoms in total. The van der Waals surface area contributed by atoms with Crippen LogP contribution >= 0.6 is 11.6 Å². The van der Waals surface area contributed by atoms with Crippen LogP contribution in [-0.2, 0) is 4.79 Å². The molecule has 0 fully saturated rings. The number of carbonyl (C=O) groups excluding carboxylic acids is 1. The predicted octanol–water partition coefficient (Wildman–Crippen LogP) is 4.12. The Hall–Kier alpha value is -2.58. The zero-order valence-corrected chi connectivity index (χ0v) is 11.5. The molecule has 0 saturated heterocycles. The highest BCUT2D eigenvalue weighted by Gasteiger charge is 2.10. The Morgan fingerprint density at radius 3 is 2.86 bits per heavy atom. The third-order valence-corrected chi connectivity index (χ3v) is 2.71. The van der Waals surface area contributed by atoms with Crippen molar-refractivity contribution in [2.45, 2.75) is 6.42 Å². The van der Waals surface area contributed by atoms with Gasteiger partial charge in [-0.05, 0) is 30.3 Å². The topological polar surface area (TPSA) is 62.1 Å². The first-order valence-electron chi connectivity index (χ1n) is 5.98. The van der Waals surface area contributed by atoms with Crippen LogP contribution in [-0.4, -0.2) is 5.91 Å². The minimum atomic E-state index is -0.483. The van der Waals surface area contributed by atoms with Crippen LogP contribution in [0.5, 0.6) is 11.5 Å². The van der Waals surface area contributed by atoms with Crippen LogP contribution in [0, 0.1) is 17.1 Å². The van der Waals surface area contributed by atoms with E-state index in [4.69, 9.17) is 21.6 Å². The Morgan fingerprint density at radius 1 is 1.33 bits per heavy atom. The summed E-state index contributed by atoms with van der Waals surface area (Å²) in [6, 6.07) is 12.0. The maximum Gasteiger partial charge on any atom is 0.238 e. The largest absolute Gasteiger partial charge is 0.455 e. The van der Waals surface area contributed by atoms with E-state index in [2.05, 4.69) is 5.32 Å². The lowest BCUT2D eigenvalue weighted by molar-refractivity contribution is -0.115. The Balaban J connectivity index is 2.26. The van der Waals surface area contributed by atoms with Gasteiger partial charge in [0.2, 0.25) is 5.91 Å². The van der Waals surface area contributed by atoms with Crippen LogP contribution in [0.3, 0.4) is 0 Å². The van der Waals surface area contributed by atoms with Gasteiger partial charge in [-0.25, -0.2) is 4.39 Å². The summed E-state index contributed by atoms with van der Waals surface area (Å²) in [5.41, 5.74) is 0.312. The Labute approximate surface area is 125 Å². The molecular formula is C15H10ClFN2O2. The highest BCUT2D eigenvalue weighted by Crippen LogP contribution is 2.32. The van der Waals surface area contributed by atoms with E-state index in [0.717, 1.165) is 0 Å². The summed E-state index contributed by atoms with van der Waals surface area (Å²) in [4.78, 5) is 11.5. The Kier molecular flexibility index (Phi) is 4.75. The van der Waals surface area contributed by atoms with Crippen LogP contribution < -0.4 is 10.1 Å². The number of nitrogens with zero attached hydrogens (tertiary/aromatic N) is 1. The summed E-state index contributed by atoms with van der Waals surface area (Å²) in [5.74, 6) is -0.329. The maximum atomic E-state index is 13.1. The summed E-state index contributed by atoms with van der Waals surface area (Å²) in [7, 11) is 0. The van der Waals surface area contributed by atoms with Gasteiger partial charge < -0.3 is 10.1 Å². The van der Waals surface area contributed by atoms with Crippen LogP contribution in [0.2, 0.25) is 5.02 Å². The number of benzene rings is 2. The lowest BCUT2D eigenvalue weighted by Gasteiger charge is -2.12. The second kappa shape index (κ2) is 6.73. The van der Waals surface area contributed by atoms with Crippen LogP contribution in [0.1, 0.15) is 6.42 Å². The molecule has 0 spiro atoms. The number of hydrogen-bond donors (Lipinski definition) is 1. The molecule has 2 rings (SSSR count). The van der Waals surface area contributed by atoms with Gasteiger partial charge in [0.25, 0.3) is 0 Å². The van der Waals surface area contributed by atoms with Crippen molar-refractivity contribution in [3.8, 4) is 17.6 Å². The summed E-state index contributed by atoms with van der Waals surface area (Å²) >= 11 is 5.87. The molecule has 0 bridgehead atoms. The molecule has 2 aromatic rings. The van der Waals surface area contributed by atoms with E-state index in [-0.39, 0.29) is 12.2 Å². The second-order valence-corrected chi connectivity index (χ2v) is 4.52. The smallest absolute Gasteiger partial charge is 0.238 e. The summed E-state index contributed by atoms with van der Waals surface area (Å²) in [5, 5.41) is 11.4. The molecule has 0 aliphatic heterocycles. The molecule has 1 N–H and O–H groups in total. The lowest BCUT2D eigenvalue weighted by atomic mass is 10.2. The monoisotopic (exact) mass is 304 g/mol. The maximum absolute atomic E-state index is 13.1. The molecule has 0 aromatic heterocycles. The molecule has 0 heterocycles. The fraction of sp³-hybridized carbons (Fsp3) is 0.0667. The predicted molar refractivity (Wildman–Crippen MR) is 76.8 cm³/mol. The van der Waals surface area contributed by atoms with Crippen molar-refractivity contribution in [3.63, 3.8) is 0 Å². The third kappa shape index (κ3) is 4.20. The summed E-state index contributed by atoms with van der Waals surface area (Å²) in [6.07, 6.45) is -0.286. The Morgan fingerprint density at radius 2 is 2.14 bits per heavy atom. The van der Waals surface area contributed by atoms with Gasteiger partial charge in [0.1, 0.15) is 18.0 Å². The molecule has 106 valence electrons. The molecule has 21 heavy (non-hydrogen) atoms. The van der Waals surface area contributed by atoms with Crippen LogP contribution in [0.4, 0.5) is 10.1 Å². The third-order valence-electron chi connectivity index (χ3n) is 2.48. The molecule has 0 aliphatic rings. The lowest BCUT2D eigenvalue weighted by Crippen LogP contribution is -2.10. The fourth-order valence-electron chi connectivity index (χ4n) is 1.61. The molecule has 1 amide bonds. The van der Waals surface area contributed by atoms with Crippen molar-refractivity contribution in [2.75, 3.05) is 5.32 Å². The van der Waals surface area contributed by atoms with Crippen molar-refractivity contribution in [1.82, 2.24) is 0 Å². The van der Waals surface area contributed by atoms with Gasteiger partial charge in [0.05, 0.1) is 11.8 Å². The van der Waals surface area contributed by atoms with Crippen molar-refractivity contribution in [3.05, 3.63) is 53.3 Å². The number of nitriles is 1. The molecule has 0 atom stereocenters. The quantitative estimate of drug-likeness (QED) is 0.924. The number of ether oxygens (including phenoxy) is 1. The molecule has 0 saturated carbocycles. The van der Waals surface area contributed by atoms with Crippen LogP contribution in [0.15, 0.2) is 42.5 Å². The first-order valence-corrected chi connectivity index (χ1v) is 6.36. The van der Waals surface area contributed by atoms with E-state index in [1.165, 1.54) is 24.3 Å². The number of anilines is 1. The van der Waals surface area contributed by atoms with Gasteiger partial charge in [-0.15, -0.1) is 0 Å². The zero-order valence-electron chi connectivity index (χ0n) is 10.8. The van der Waals surface area contributed by atoms with Gasteiger partial charge in [0, 0.05) is 11.1 Å². The normalized spacial score (nSPS) is 9.76. The number of nitrogens with one attached hydrogen (secondary N) is 1. The molecule has 2 aromatic carbocycles. The van der Waals surface area contributed by atoms with Crippen molar-refractivity contribution in [1.29, 1.82) is 5.26 Å². The standard InChI is InChI=1S/C15H10ClFN2O2/c16-10-4-5-14(13(8-10)19-15(20)6-7-18)21-12-3-1-2-11(17)9-12/h1-5,8-9H,6H2,(H,19,20). The molecule has 0 aliphatic carbocycles. The van der Waals surface area contributed by atoms with Gasteiger partial charge in [-0.2, -0.15) is 5.26 Å². The van der Waals surface area contributed by atoms with Gasteiger partial charge in [-0.1, -0.05) is 17.7 Å². The van der Waals surface area contributed by atoms with E-state index >= 15 is 0 Å². The number of carbonyl (C=O) groups is 1. The summed E-state index contributed by atoms with van der Waals surface area (Å²) in [6.45, 7) is 0. The number of halogens is 2. The average Bonchev–Trinajstić information content (AvgIpc) is 2.42. The minimum absolute atomic E-state index is 0.285. The number of amides is 1. The van der Waals surface area contributed by atoms with Crippen molar-refractivity contribution < 1.29 is 13.9 Å². The zero-order chi connectivity index (χ0) is 15.2. The molecule has 0 radical (unpaired) electrons. The van der Waals surface area contributed by atoms with Gasteiger partial charge in [-0.3, -0.25) is 4.79 Å². The minimum Gasteiger partial charge on any atom is -0.455 e. The van der Waals surface area contributed by atoms with E-state index in [1.807, 2.05) is 0 Å². The van der Waals surface area contributed by atoms with E-state index in [1.54, 1.807) is 24.3 Å². The van der Waals surface area contributed by atoms with E-state index in [0.29, 0.717) is 16.5 Å². The highest BCUT2D eigenvalue weighted by molar-refractivity contribution is 6.31. The molecular weight excluding hydrogens is 295 g/mol. The van der Waals surface area contributed by atoms with E-state index in [9.17, 15) is 9.18 Å². The van der Waals surface area contributed by atoms with Crippen LogP contribution in [0.25, 0.3) is 0 Å². The SMILES string of the molecule is N#CCC(=O)Nc1cc(Cl)ccc1Oc1cccc(F)c1. The highest BCUT2D eigenvalue weighted by atomic mass is 35.5. The van der Waals surface area contributed by atoms with E-state index < -0.39 is 11.7 Å². The summed E-state index contributed by atoms with van der Waals surface area (Å²) < 4.78 is 18.7. The van der Waals surface area contributed by atoms with Gasteiger partial charge >= 0.3 is 0 Å². The number of rotatable bonds is 4. The fourth-order valence-corrected chi connectivity index (χ4v) is 1.78. The molecule has 0 unspecified atom stereocenters. The first-order chi connectivity index (χ1) is 10.1. The van der Waals surface area contributed by atoms with Crippen molar-refractivity contribution in [2.24, 2.45) is 0 Å². The second-order valence-electron chi connectivity index (χ2n) is 4.08. The first kappa shape index (κ1) is 14.8. The number of hydrogen-bond acceptors (Lipinski definition) is 3. The Bertz CT molecular complexity index is 713. The molecule has 6 heteroatoms. The van der Waals surface area contributed by atoms with Crippen molar-refractivity contribution >= 4 is 23.2 Å². The average molecular weight is 305 g/mol.